The second-order valence-corrected chi connectivity index (χ2v) is 4.64. The number of primary amides is 1. The van der Waals surface area contributed by atoms with Crippen molar-refractivity contribution in [1.29, 1.82) is 0 Å². The number of nitrogens with zero attached hydrogens (tertiary/aromatic N) is 1. The number of hydrogen-bond donors (Lipinski definition) is 2. The van der Waals surface area contributed by atoms with Crippen LogP contribution in [-0.2, 0) is 9.59 Å². The Morgan fingerprint density at radius 2 is 1.83 bits per heavy atom. The SMILES string of the molecule is CCCC(CCN)CCC(=O)N(CC)CC(N)=O. The molecule has 0 aromatic rings. The molecular formula is C13H27N3O2. The number of carbonyl (C=O) groups excluding carboxylic acids is 2. The molecular weight excluding hydrogens is 230 g/mol. The maximum Gasteiger partial charge on any atom is 0.237 e. The highest BCUT2D eigenvalue weighted by atomic mass is 16.2. The van der Waals surface area contributed by atoms with Crippen molar-refractivity contribution in [3.05, 3.63) is 0 Å². The zero-order valence-electron chi connectivity index (χ0n) is 11.7. The van der Waals surface area contributed by atoms with Gasteiger partial charge >= 0.3 is 0 Å². The maximum atomic E-state index is 11.9. The third-order valence-electron chi connectivity index (χ3n) is 3.12. The normalized spacial score (nSPS) is 12.2. The molecule has 5 heteroatoms. The summed E-state index contributed by atoms with van der Waals surface area (Å²) in [5.41, 5.74) is 10.7. The predicted octanol–water partition coefficient (Wildman–Crippen LogP) is 0.866. The Morgan fingerprint density at radius 1 is 1.17 bits per heavy atom. The zero-order chi connectivity index (χ0) is 14.0. The maximum absolute atomic E-state index is 11.9. The highest BCUT2D eigenvalue weighted by Crippen LogP contribution is 2.17. The lowest BCUT2D eigenvalue weighted by Crippen LogP contribution is -2.38. The van der Waals surface area contributed by atoms with Crippen LogP contribution in [0.1, 0.15) is 46.0 Å². The fourth-order valence-electron chi connectivity index (χ4n) is 2.13. The first-order chi connectivity index (χ1) is 8.54. The topological polar surface area (TPSA) is 89.4 Å². The van der Waals surface area contributed by atoms with Gasteiger partial charge in [0.2, 0.25) is 11.8 Å². The number of carbonyl (C=O) groups is 2. The number of amides is 2. The summed E-state index contributed by atoms with van der Waals surface area (Å²) >= 11 is 0. The van der Waals surface area contributed by atoms with Gasteiger partial charge in [-0.05, 0) is 32.2 Å². The van der Waals surface area contributed by atoms with Gasteiger partial charge in [-0.25, -0.2) is 0 Å². The van der Waals surface area contributed by atoms with Crippen molar-refractivity contribution in [3.63, 3.8) is 0 Å². The van der Waals surface area contributed by atoms with E-state index in [-0.39, 0.29) is 12.5 Å². The summed E-state index contributed by atoms with van der Waals surface area (Å²) in [5.74, 6) is 0.0583. The van der Waals surface area contributed by atoms with E-state index >= 15 is 0 Å². The van der Waals surface area contributed by atoms with E-state index in [0.717, 1.165) is 25.7 Å². The quantitative estimate of drug-likeness (QED) is 0.608. The molecule has 0 spiro atoms. The first-order valence-corrected chi connectivity index (χ1v) is 6.81. The molecule has 18 heavy (non-hydrogen) atoms. The zero-order valence-corrected chi connectivity index (χ0v) is 11.7. The summed E-state index contributed by atoms with van der Waals surface area (Å²) in [6.45, 7) is 5.19. The smallest absolute Gasteiger partial charge is 0.237 e. The Bertz CT molecular complexity index is 251. The van der Waals surface area contributed by atoms with Crippen LogP contribution in [-0.4, -0.2) is 36.3 Å². The van der Waals surface area contributed by atoms with Gasteiger partial charge in [0.25, 0.3) is 0 Å². The Kier molecular flexibility index (Phi) is 9.28. The Balaban J connectivity index is 4.14. The monoisotopic (exact) mass is 257 g/mol. The summed E-state index contributed by atoms with van der Waals surface area (Å²) in [6.07, 6.45) is 4.50. The molecule has 0 heterocycles. The highest BCUT2D eigenvalue weighted by Gasteiger charge is 2.16. The van der Waals surface area contributed by atoms with E-state index in [1.807, 2.05) is 6.92 Å². The lowest BCUT2D eigenvalue weighted by Gasteiger charge is -2.21. The van der Waals surface area contributed by atoms with Crippen molar-refractivity contribution < 1.29 is 9.59 Å². The molecule has 0 radical (unpaired) electrons. The largest absolute Gasteiger partial charge is 0.368 e. The molecule has 2 amide bonds. The first kappa shape index (κ1) is 16.9. The molecule has 0 aliphatic heterocycles. The van der Waals surface area contributed by atoms with Gasteiger partial charge < -0.3 is 16.4 Å². The number of likely N-dealkylation sites (N-methyl/N-ethyl adjacent to an activating group) is 1. The van der Waals surface area contributed by atoms with Gasteiger partial charge in [-0.2, -0.15) is 0 Å². The van der Waals surface area contributed by atoms with Gasteiger partial charge in [0, 0.05) is 13.0 Å². The summed E-state index contributed by atoms with van der Waals surface area (Å²) < 4.78 is 0. The Morgan fingerprint density at radius 3 is 2.28 bits per heavy atom. The van der Waals surface area contributed by atoms with Crippen LogP contribution in [0.2, 0.25) is 0 Å². The van der Waals surface area contributed by atoms with Gasteiger partial charge in [0.1, 0.15) is 0 Å². The van der Waals surface area contributed by atoms with Gasteiger partial charge in [0.05, 0.1) is 6.54 Å². The molecule has 0 aliphatic rings. The molecule has 0 rings (SSSR count). The number of nitrogens with two attached hydrogens (primary N) is 2. The van der Waals surface area contributed by atoms with Crippen molar-refractivity contribution >= 4 is 11.8 Å². The number of rotatable bonds is 10. The van der Waals surface area contributed by atoms with Crippen molar-refractivity contribution in [2.45, 2.75) is 46.0 Å². The summed E-state index contributed by atoms with van der Waals surface area (Å²) in [7, 11) is 0. The fraction of sp³-hybridized carbons (Fsp3) is 0.846. The van der Waals surface area contributed by atoms with E-state index in [1.165, 1.54) is 4.90 Å². The second-order valence-electron chi connectivity index (χ2n) is 4.64. The van der Waals surface area contributed by atoms with Crippen LogP contribution in [0.4, 0.5) is 0 Å². The molecule has 0 aliphatic carbocycles. The third-order valence-corrected chi connectivity index (χ3v) is 3.12. The highest BCUT2D eigenvalue weighted by molar-refractivity contribution is 5.83. The van der Waals surface area contributed by atoms with Crippen molar-refractivity contribution in [3.8, 4) is 0 Å². The summed E-state index contributed by atoms with van der Waals surface area (Å²) in [5, 5.41) is 0. The van der Waals surface area contributed by atoms with E-state index in [0.29, 0.717) is 25.4 Å². The molecule has 0 saturated heterocycles. The average molecular weight is 257 g/mol. The summed E-state index contributed by atoms with van der Waals surface area (Å²) in [4.78, 5) is 24.2. The van der Waals surface area contributed by atoms with E-state index in [4.69, 9.17) is 11.5 Å². The van der Waals surface area contributed by atoms with E-state index in [9.17, 15) is 9.59 Å². The van der Waals surface area contributed by atoms with Crippen LogP contribution in [0.25, 0.3) is 0 Å². The van der Waals surface area contributed by atoms with E-state index in [2.05, 4.69) is 6.92 Å². The molecule has 1 atom stereocenters. The fourth-order valence-corrected chi connectivity index (χ4v) is 2.13. The minimum atomic E-state index is -0.461. The van der Waals surface area contributed by atoms with E-state index < -0.39 is 5.91 Å². The van der Waals surface area contributed by atoms with Crippen LogP contribution in [0.5, 0.6) is 0 Å². The van der Waals surface area contributed by atoms with Crippen molar-refractivity contribution in [2.75, 3.05) is 19.6 Å². The van der Waals surface area contributed by atoms with Crippen LogP contribution in [0.15, 0.2) is 0 Å². The lowest BCUT2D eigenvalue weighted by molar-refractivity contribution is -0.135. The average Bonchev–Trinajstić information content (AvgIpc) is 2.33. The van der Waals surface area contributed by atoms with Crippen LogP contribution in [0, 0.1) is 5.92 Å². The minimum absolute atomic E-state index is 0.00873. The minimum Gasteiger partial charge on any atom is -0.368 e. The molecule has 0 saturated carbocycles. The molecule has 1 unspecified atom stereocenters. The van der Waals surface area contributed by atoms with Crippen molar-refractivity contribution in [1.82, 2.24) is 4.90 Å². The number of hydrogen-bond acceptors (Lipinski definition) is 3. The molecule has 0 bridgehead atoms. The molecule has 4 N–H and O–H groups in total. The summed E-state index contributed by atoms with van der Waals surface area (Å²) in [6, 6.07) is 0. The molecule has 106 valence electrons. The first-order valence-electron chi connectivity index (χ1n) is 6.81. The third kappa shape index (κ3) is 7.27. The van der Waals surface area contributed by atoms with Crippen LogP contribution < -0.4 is 11.5 Å². The van der Waals surface area contributed by atoms with E-state index in [1.54, 1.807) is 0 Å². The van der Waals surface area contributed by atoms with Gasteiger partial charge in [-0.1, -0.05) is 19.8 Å². The standard InChI is InChI=1S/C13H27N3O2/c1-3-5-11(8-9-14)6-7-13(18)16(4-2)10-12(15)17/h11H,3-10,14H2,1-2H3,(H2,15,17). The molecule has 0 aromatic carbocycles. The lowest BCUT2D eigenvalue weighted by atomic mass is 9.94. The Labute approximate surface area is 110 Å². The van der Waals surface area contributed by atoms with Crippen LogP contribution in [0.3, 0.4) is 0 Å². The van der Waals surface area contributed by atoms with Crippen molar-refractivity contribution in [2.24, 2.45) is 17.4 Å². The predicted molar refractivity (Wildman–Crippen MR) is 72.8 cm³/mol. The van der Waals surface area contributed by atoms with Gasteiger partial charge in [-0.15, -0.1) is 0 Å². The molecule has 0 fully saturated rings. The Hall–Kier alpha value is -1.10. The molecule has 5 nitrogen and oxygen atoms in total. The molecule has 0 aromatic heterocycles. The van der Waals surface area contributed by atoms with Crippen LogP contribution >= 0.6 is 0 Å². The van der Waals surface area contributed by atoms with Gasteiger partial charge in [-0.3, -0.25) is 9.59 Å². The van der Waals surface area contributed by atoms with Gasteiger partial charge in [0.15, 0.2) is 0 Å². The second kappa shape index (κ2) is 9.88.